The van der Waals surface area contributed by atoms with Gasteiger partial charge in [-0.25, -0.2) is 9.18 Å². The van der Waals surface area contributed by atoms with E-state index in [4.69, 9.17) is 9.15 Å². The van der Waals surface area contributed by atoms with Crippen LogP contribution in [-0.4, -0.2) is 30.6 Å². The van der Waals surface area contributed by atoms with E-state index in [0.29, 0.717) is 12.3 Å². The average Bonchev–Trinajstić information content (AvgIpc) is 3.00. The van der Waals surface area contributed by atoms with Crippen LogP contribution in [0.5, 0.6) is 5.75 Å². The van der Waals surface area contributed by atoms with Crippen LogP contribution in [0.1, 0.15) is 12.7 Å². The normalized spacial score (nSPS) is 11.8. The number of hydrogen-bond donors (Lipinski definition) is 1. The standard InChI is InChI=1S/C16H19FN2O3/c1-12(22-15-8-4-3-7-14(15)17)10-18-16(20)19(2)11-13-6-5-9-21-13/h3-9,12H,10-11H2,1-2H3,(H,18,20). The monoisotopic (exact) mass is 306 g/mol. The van der Waals surface area contributed by atoms with Gasteiger partial charge in [-0.15, -0.1) is 0 Å². The fourth-order valence-corrected chi connectivity index (χ4v) is 1.87. The highest BCUT2D eigenvalue weighted by molar-refractivity contribution is 5.73. The van der Waals surface area contributed by atoms with Gasteiger partial charge in [-0.05, 0) is 31.2 Å². The number of furan rings is 1. The first-order valence-electron chi connectivity index (χ1n) is 6.99. The molecule has 0 aliphatic heterocycles. The number of nitrogens with one attached hydrogen (secondary N) is 1. The van der Waals surface area contributed by atoms with E-state index in [2.05, 4.69) is 5.32 Å². The first kappa shape index (κ1) is 15.9. The molecule has 2 amide bonds. The van der Waals surface area contributed by atoms with E-state index in [9.17, 15) is 9.18 Å². The molecular formula is C16H19FN2O3. The lowest BCUT2D eigenvalue weighted by Gasteiger charge is -2.20. The van der Waals surface area contributed by atoms with Crippen molar-refractivity contribution in [2.75, 3.05) is 13.6 Å². The van der Waals surface area contributed by atoms with Gasteiger partial charge in [0.1, 0.15) is 11.9 Å². The molecule has 1 aromatic heterocycles. The number of carbonyl (C=O) groups excluding carboxylic acids is 1. The van der Waals surface area contributed by atoms with E-state index in [-0.39, 0.29) is 24.4 Å². The van der Waals surface area contributed by atoms with Crippen LogP contribution >= 0.6 is 0 Å². The lowest BCUT2D eigenvalue weighted by molar-refractivity contribution is 0.183. The van der Waals surface area contributed by atoms with Crippen LogP contribution in [-0.2, 0) is 6.54 Å². The molecular weight excluding hydrogens is 287 g/mol. The van der Waals surface area contributed by atoms with E-state index >= 15 is 0 Å². The Kier molecular flexibility index (Phi) is 5.41. The summed E-state index contributed by atoms with van der Waals surface area (Å²) in [6, 6.07) is 9.49. The SMILES string of the molecule is CC(CNC(=O)N(C)Cc1ccco1)Oc1ccccc1F. The summed E-state index contributed by atoms with van der Waals surface area (Å²) in [6.07, 6.45) is 1.21. The number of nitrogens with zero attached hydrogens (tertiary/aromatic N) is 1. The van der Waals surface area contributed by atoms with Crippen LogP contribution in [0.15, 0.2) is 47.1 Å². The highest BCUT2D eigenvalue weighted by Gasteiger charge is 2.13. The van der Waals surface area contributed by atoms with E-state index < -0.39 is 5.82 Å². The Morgan fingerprint density at radius 1 is 1.36 bits per heavy atom. The molecule has 0 fully saturated rings. The molecule has 1 aromatic carbocycles. The van der Waals surface area contributed by atoms with Gasteiger partial charge in [0.15, 0.2) is 11.6 Å². The van der Waals surface area contributed by atoms with Crippen LogP contribution in [0.2, 0.25) is 0 Å². The molecule has 6 heteroatoms. The Bertz CT molecular complexity index is 601. The quantitative estimate of drug-likeness (QED) is 0.892. The summed E-state index contributed by atoms with van der Waals surface area (Å²) >= 11 is 0. The molecule has 0 spiro atoms. The summed E-state index contributed by atoms with van der Waals surface area (Å²) in [4.78, 5) is 13.4. The van der Waals surface area contributed by atoms with Gasteiger partial charge in [0.05, 0.1) is 19.4 Å². The molecule has 0 saturated heterocycles. The molecule has 0 saturated carbocycles. The summed E-state index contributed by atoms with van der Waals surface area (Å²) in [5, 5.41) is 2.73. The van der Waals surface area contributed by atoms with E-state index in [1.54, 1.807) is 50.6 Å². The molecule has 0 aliphatic rings. The number of rotatable bonds is 6. The lowest BCUT2D eigenvalue weighted by atomic mass is 10.3. The Morgan fingerprint density at radius 2 is 2.14 bits per heavy atom. The maximum absolute atomic E-state index is 13.5. The van der Waals surface area contributed by atoms with Gasteiger partial charge in [0, 0.05) is 7.05 Å². The minimum Gasteiger partial charge on any atom is -0.486 e. The van der Waals surface area contributed by atoms with Crippen molar-refractivity contribution < 1.29 is 18.3 Å². The van der Waals surface area contributed by atoms with Gasteiger partial charge in [-0.3, -0.25) is 0 Å². The summed E-state index contributed by atoms with van der Waals surface area (Å²) in [5.74, 6) is 0.456. The predicted octanol–water partition coefficient (Wildman–Crippen LogP) is 3.03. The number of halogens is 1. The fourth-order valence-electron chi connectivity index (χ4n) is 1.87. The van der Waals surface area contributed by atoms with Crippen molar-refractivity contribution in [2.24, 2.45) is 0 Å². The maximum atomic E-state index is 13.5. The molecule has 0 bridgehead atoms. The predicted molar refractivity (Wildman–Crippen MR) is 80.1 cm³/mol. The summed E-state index contributed by atoms with van der Waals surface area (Å²) < 4.78 is 24.1. The van der Waals surface area contributed by atoms with Gasteiger partial charge < -0.3 is 19.4 Å². The number of ether oxygens (including phenoxy) is 1. The van der Waals surface area contributed by atoms with E-state index in [1.165, 1.54) is 11.0 Å². The van der Waals surface area contributed by atoms with Gasteiger partial charge in [0.25, 0.3) is 0 Å². The third-order valence-corrected chi connectivity index (χ3v) is 3.03. The number of hydrogen-bond acceptors (Lipinski definition) is 3. The zero-order chi connectivity index (χ0) is 15.9. The first-order valence-corrected chi connectivity index (χ1v) is 6.99. The number of urea groups is 1. The lowest BCUT2D eigenvalue weighted by Crippen LogP contribution is -2.41. The average molecular weight is 306 g/mol. The third kappa shape index (κ3) is 4.51. The minimum atomic E-state index is -0.421. The van der Waals surface area contributed by atoms with Crippen LogP contribution in [0.3, 0.4) is 0 Å². The van der Waals surface area contributed by atoms with E-state index in [1.807, 2.05) is 0 Å². The molecule has 5 nitrogen and oxygen atoms in total. The molecule has 118 valence electrons. The number of amides is 2. The molecule has 1 heterocycles. The van der Waals surface area contributed by atoms with Gasteiger partial charge in [0.2, 0.25) is 0 Å². The van der Waals surface area contributed by atoms with Gasteiger partial charge in [-0.1, -0.05) is 12.1 Å². The fraction of sp³-hybridized carbons (Fsp3) is 0.312. The molecule has 0 radical (unpaired) electrons. The van der Waals surface area contributed by atoms with Crippen LogP contribution in [0.25, 0.3) is 0 Å². The smallest absolute Gasteiger partial charge is 0.317 e. The Labute approximate surface area is 128 Å². The van der Waals surface area contributed by atoms with Crippen LogP contribution in [0.4, 0.5) is 9.18 Å². The Morgan fingerprint density at radius 3 is 2.82 bits per heavy atom. The molecule has 2 rings (SSSR count). The van der Waals surface area contributed by atoms with Crippen molar-refractivity contribution in [2.45, 2.75) is 19.6 Å². The topological polar surface area (TPSA) is 54.7 Å². The summed E-state index contributed by atoms with van der Waals surface area (Å²) in [6.45, 7) is 2.41. The molecule has 0 aliphatic carbocycles. The van der Waals surface area contributed by atoms with Crippen molar-refractivity contribution in [3.05, 3.63) is 54.2 Å². The zero-order valence-electron chi connectivity index (χ0n) is 12.6. The first-order chi connectivity index (χ1) is 10.6. The second kappa shape index (κ2) is 7.49. The number of para-hydroxylation sites is 1. The highest BCUT2D eigenvalue weighted by Crippen LogP contribution is 2.16. The molecule has 22 heavy (non-hydrogen) atoms. The minimum absolute atomic E-state index is 0.174. The van der Waals surface area contributed by atoms with Crippen LogP contribution in [0, 0.1) is 5.82 Å². The van der Waals surface area contributed by atoms with Gasteiger partial charge in [-0.2, -0.15) is 0 Å². The number of carbonyl (C=O) groups is 1. The second-order valence-corrected chi connectivity index (χ2v) is 4.98. The molecule has 2 aromatic rings. The second-order valence-electron chi connectivity index (χ2n) is 4.98. The Balaban J connectivity index is 1.77. The van der Waals surface area contributed by atoms with Crippen molar-refractivity contribution in [3.8, 4) is 5.75 Å². The van der Waals surface area contributed by atoms with Crippen LogP contribution < -0.4 is 10.1 Å². The van der Waals surface area contributed by atoms with Crippen molar-refractivity contribution in [3.63, 3.8) is 0 Å². The third-order valence-electron chi connectivity index (χ3n) is 3.03. The van der Waals surface area contributed by atoms with Crippen molar-refractivity contribution in [1.82, 2.24) is 10.2 Å². The number of benzene rings is 1. The largest absolute Gasteiger partial charge is 0.486 e. The molecule has 1 atom stereocenters. The molecule has 1 N–H and O–H groups in total. The van der Waals surface area contributed by atoms with E-state index in [0.717, 1.165) is 0 Å². The zero-order valence-corrected chi connectivity index (χ0v) is 12.6. The maximum Gasteiger partial charge on any atom is 0.317 e. The summed E-state index contributed by atoms with van der Waals surface area (Å²) in [5.41, 5.74) is 0. The van der Waals surface area contributed by atoms with Crippen molar-refractivity contribution in [1.29, 1.82) is 0 Å². The Hall–Kier alpha value is -2.50. The highest BCUT2D eigenvalue weighted by atomic mass is 19.1. The van der Waals surface area contributed by atoms with Crippen molar-refractivity contribution >= 4 is 6.03 Å². The molecule has 1 unspecified atom stereocenters. The van der Waals surface area contributed by atoms with Gasteiger partial charge >= 0.3 is 6.03 Å². The summed E-state index contributed by atoms with van der Waals surface area (Å²) in [7, 11) is 1.67.